The fraction of sp³-hybridized carbons (Fsp3) is 1.00. The van der Waals surface area contributed by atoms with E-state index in [0.717, 1.165) is 0 Å². The molecule has 0 saturated carbocycles. The second kappa shape index (κ2) is 19.6. The van der Waals surface area contributed by atoms with Gasteiger partial charge in [-0.25, -0.2) is 0 Å². The molecule has 5 rings (SSSR count). The Labute approximate surface area is 316 Å². The number of ether oxygens (including phenoxy) is 9. The van der Waals surface area contributed by atoms with Gasteiger partial charge in [-0.1, -0.05) is 0 Å². The van der Waals surface area contributed by atoms with Crippen LogP contribution in [0.2, 0.25) is 0 Å². The molecule has 0 amide bonds. The summed E-state index contributed by atoms with van der Waals surface area (Å²) in [5.41, 5.74) is 0. The van der Waals surface area contributed by atoms with Crippen LogP contribution in [0.4, 0.5) is 0 Å². The lowest BCUT2D eigenvalue weighted by atomic mass is 9.95. The lowest BCUT2D eigenvalue weighted by Crippen LogP contribution is -2.67. The van der Waals surface area contributed by atoms with Gasteiger partial charge in [0.15, 0.2) is 31.5 Å². The van der Waals surface area contributed by atoms with Crippen molar-refractivity contribution in [1.29, 1.82) is 0 Å². The predicted octanol–water partition coefficient (Wildman–Crippen LogP) is -11.9. The molecule has 1 unspecified atom stereocenters. The third-order valence-electron chi connectivity index (χ3n) is 10.3. The summed E-state index contributed by atoms with van der Waals surface area (Å²) >= 11 is 0. The summed E-state index contributed by atoms with van der Waals surface area (Å²) in [6.07, 6.45) is -46.3. The van der Waals surface area contributed by atoms with E-state index in [0.29, 0.717) is 0 Å². The van der Waals surface area contributed by atoms with Crippen LogP contribution in [0.1, 0.15) is 0 Å². The molecule has 5 aliphatic rings. The first-order chi connectivity index (χ1) is 26.5. The van der Waals surface area contributed by atoms with Crippen LogP contribution in [0, 0.1) is 0 Å². The number of hydrogen-bond donors (Lipinski definition) is 17. The average molecular weight is 829 g/mol. The first-order valence-electron chi connectivity index (χ1n) is 17.6. The maximum Gasteiger partial charge on any atom is 0.187 e. The standard InChI is InChI=1S/C30H52O26/c31-1-6-11(35)13(37)19(43)27(50-6)48-5-10-25(56-28-20(44)14(38)12(36)7(2-32)51-28)17(41)22(46)30(53-10)55-24-9(4-34)52-29(21(45)16(24)40)54-23-8(3-33)49-26(47)18(42)15(23)39/h6-47H,1-5H2/t6-,7-,8-,9-,10-,11-,12-,13+,14+,15-,16-,17-,18-,19-,20-,21-,22-,23-,24-,25-,26?,27+,28-,29-,30-/m1/s1. The Kier molecular flexibility index (Phi) is 16.1. The van der Waals surface area contributed by atoms with Crippen LogP contribution in [0.3, 0.4) is 0 Å². The summed E-state index contributed by atoms with van der Waals surface area (Å²) in [6, 6.07) is 0. The van der Waals surface area contributed by atoms with Gasteiger partial charge in [-0.05, 0) is 0 Å². The van der Waals surface area contributed by atoms with Gasteiger partial charge in [-0.2, -0.15) is 0 Å². The zero-order chi connectivity index (χ0) is 41.3. The van der Waals surface area contributed by atoms with Crippen molar-refractivity contribution < 1.29 is 129 Å². The molecule has 5 fully saturated rings. The van der Waals surface area contributed by atoms with Crippen molar-refractivity contribution in [3.05, 3.63) is 0 Å². The molecule has 5 saturated heterocycles. The maximum absolute atomic E-state index is 11.3. The van der Waals surface area contributed by atoms with Gasteiger partial charge in [-0.3, -0.25) is 0 Å². The second-order valence-electron chi connectivity index (χ2n) is 14.0. The van der Waals surface area contributed by atoms with Crippen molar-refractivity contribution in [3.63, 3.8) is 0 Å². The van der Waals surface area contributed by atoms with Gasteiger partial charge in [0.25, 0.3) is 0 Å². The van der Waals surface area contributed by atoms with Crippen molar-refractivity contribution in [2.45, 2.75) is 154 Å². The van der Waals surface area contributed by atoms with Gasteiger partial charge in [0.1, 0.15) is 122 Å². The molecule has 26 nitrogen and oxygen atoms in total. The van der Waals surface area contributed by atoms with Gasteiger partial charge >= 0.3 is 0 Å². The van der Waals surface area contributed by atoms with E-state index in [1.165, 1.54) is 0 Å². The highest BCUT2D eigenvalue weighted by Gasteiger charge is 2.55. The van der Waals surface area contributed by atoms with Gasteiger partial charge < -0.3 is 129 Å². The quantitative estimate of drug-likeness (QED) is 0.0819. The Morgan fingerprint density at radius 3 is 1.07 bits per heavy atom. The van der Waals surface area contributed by atoms with Crippen LogP contribution in [-0.4, -0.2) is 273 Å². The monoisotopic (exact) mass is 828 g/mol. The topological polar surface area (TPSA) is 427 Å². The number of aliphatic hydroxyl groups excluding tert-OH is 17. The van der Waals surface area contributed by atoms with Crippen molar-refractivity contribution >= 4 is 0 Å². The number of hydrogen-bond acceptors (Lipinski definition) is 26. The number of rotatable bonds is 13. The van der Waals surface area contributed by atoms with Crippen LogP contribution < -0.4 is 0 Å². The van der Waals surface area contributed by atoms with Crippen molar-refractivity contribution in [1.82, 2.24) is 0 Å². The highest BCUT2D eigenvalue weighted by molar-refractivity contribution is 4.98. The van der Waals surface area contributed by atoms with E-state index in [2.05, 4.69) is 0 Å². The average Bonchev–Trinajstić information content (AvgIpc) is 3.19. The molecule has 26 heteroatoms. The minimum Gasteiger partial charge on any atom is -0.394 e. The molecule has 25 atom stereocenters. The molecule has 0 aromatic heterocycles. The maximum atomic E-state index is 11.3. The zero-order valence-electron chi connectivity index (χ0n) is 29.2. The van der Waals surface area contributed by atoms with Crippen LogP contribution in [0.5, 0.6) is 0 Å². The van der Waals surface area contributed by atoms with E-state index in [-0.39, 0.29) is 0 Å². The summed E-state index contributed by atoms with van der Waals surface area (Å²) in [7, 11) is 0. The van der Waals surface area contributed by atoms with E-state index < -0.39 is 187 Å². The van der Waals surface area contributed by atoms with Crippen molar-refractivity contribution in [3.8, 4) is 0 Å². The lowest BCUT2D eigenvalue weighted by molar-refractivity contribution is -0.391. The van der Waals surface area contributed by atoms with Gasteiger partial charge in [0, 0.05) is 0 Å². The minimum atomic E-state index is -2.17. The Hall–Kier alpha value is -1.04. The van der Waals surface area contributed by atoms with Crippen molar-refractivity contribution in [2.75, 3.05) is 33.0 Å². The smallest absolute Gasteiger partial charge is 0.187 e. The predicted molar refractivity (Wildman–Crippen MR) is 167 cm³/mol. The molecule has 5 aliphatic heterocycles. The minimum absolute atomic E-state index is 0.827. The fourth-order valence-electron chi connectivity index (χ4n) is 6.93. The number of aliphatic hydroxyl groups is 17. The fourth-order valence-corrected chi connectivity index (χ4v) is 6.93. The summed E-state index contributed by atoms with van der Waals surface area (Å²) in [5.74, 6) is 0. The molecule has 0 aromatic rings. The van der Waals surface area contributed by atoms with Crippen LogP contribution >= 0.6 is 0 Å². The third-order valence-corrected chi connectivity index (χ3v) is 10.3. The van der Waals surface area contributed by atoms with Gasteiger partial charge in [-0.15, -0.1) is 0 Å². The highest BCUT2D eigenvalue weighted by atomic mass is 16.8. The summed E-state index contributed by atoms with van der Waals surface area (Å²) < 4.78 is 49.5. The van der Waals surface area contributed by atoms with E-state index in [9.17, 15) is 86.8 Å². The van der Waals surface area contributed by atoms with E-state index in [4.69, 9.17) is 42.6 Å². The second-order valence-corrected chi connectivity index (χ2v) is 14.0. The molecule has 0 bridgehead atoms. The Morgan fingerprint density at radius 1 is 0.304 bits per heavy atom. The Balaban J connectivity index is 1.34. The summed E-state index contributed by atoms with van der Waals surface area (Å²) in [6.45, 7) is -4.37. The molecule has 56 heavy (non-hydrogen) atoms. The van der Waals surface area contributed by atoms with Gasteiger partial charge in [0.2, 0.25) is 0 Å². The molecule has 17 N–H and O–H groups in total. The SMILES string of the molecule is OC[C@H]1O[C@H](OC[C@H]2O[C@H](O[C@H]3[C@H](O)[C@@H](O)[C@@H](O[C@H]4[C@H](O)[C@@H](O)C(O)O[C@@H]4CO)O[C@@H]3CO)[C@H](O)[C@@H](O)[C@@H]2O[C@H]2O[C@H](CO)[C@@H](O)[C@H](O)[C@H]2O)[C@H](O)[C@@H](O)[C@@H]1O. The van der Waals surface area contributed by atoms with Crippen LogP contribution in [-0.2, 0) is 42.6 Å². The molecular weight excluding hydrogens is 776 g/mol. The largest absolute Gasteiger partial charge is 0.394 e. The van der Waals surface area contributed by atoms with E-state index in [1.807, 2.05) is 0 Å². The Morgan fingerprint density at radius 2 is 0.625 bits per heavy atom. The molecule has 0 aromatic carbocycles. The molecule has 328 valence electrons. The third kappa shape index (κ3) is 9.31. The first kappa shape index (κ1) is 46.0. The van der Waals surface area contributed by atoms with Gasteiger partial charge in [0.05, 0.1) is 33.0 Å². The van der Waals surface area contributed by atoms with E-state index >= 15 is 0 Å². The normalized spacial score (nSPS) is 53.2. The highest BCUT2D eigenvalue weighted by Crippen LogP contribution is 2.35. The molecule has 5 heterocycles. The van der Waals surface area contributed by atoms with Crippen LogP contribution in [0.15, 0.2) is 0 Å². The van der Waals surface area contributed by atoms with E-state index in [1.54, 1.807) is 0 Å². The Bertz CT molecular complexity index is 1200. The first-order valence-corrected chi connectivity index (χ1v) is 17.6. The molecule has 0 aliphatic carbocycles. The summed E-state index contributed by atoms with van der Waals surface area (Å²) in [4.78, 5) is 0. The summed E-state index contributed by atoms with van der Waals surface area (Å²) in [5, 5.41) is 176. The molecular formula is C30H52O26. The molecule has 0 spiro atoms. The lowest BCUT2D eigenvalue weighted by Gasteiger charge is -2.49. The van der Waals surface area contributed by atoms with Crippen molar-refractivity contribution in [2.24, 2.45) is 0 Å². The zero-order valence-corrected chi connectivity index (χ0v) is 29.2. The van der Waals surface area contributed by atoms with Crippen LogP contribution in [0.25, 0.3) is 0 Å². The molecule has 0 radical (unpaired) electrons.